The van der Waals surface area contributed by atoms with Crippen molar-refractivity contribution in [3.63, 3.8) is 0 Å². The van der Waals surface area contributed by atoms with E-state index in [1.54, 1.807) is 6.08 Å². The molecular formula is C13H16N2O2. The number of hydrogen-bond acceptors (Lipinski definition) is 2. The van der Waals surface area contributed by atoms with Crippen LogP contribution in [0.1, 0.15) is 27.2 Å². The second-order valence-electron chi connectivity index (χ2n) is 5.73. The van der Waals surface area contributed by atoms with Crippen molar-refractivity contribution in [1.82, 2.24) is 5.32 Å². The van der Waals surface area contributed by atoms with E-state index in [1.165, 1.54) is 0 Å². The lowest BCUT2D eigenvalue weighted by atomic mass is 9.56. The molecule has 4 nitrogen and oxygen atoms in total. The van der Waals surface area contributed by atoms with E-state index in [0.717, 1.165) is 0 Å². The van der Waals surface area contributed by atoms with E-state index in [9.17, 15) is 9.59 Å². The van der Waals surface area contributed by atoms with E-state index in [0.29, 0.717) is 13.0 Å². The van der Waals surface area contributed by atoms with Crippen molar-refractivity contribution in [3.05, 3.63) is 23.2 Å². The highest BCUT2D eigenvalue weighted by Gasteiger charge is 2.53. The van der Waals surface area contributed by atoms with Crippen molar-refractivity contribution in [2.24, 2.45) is 16.7 Å². The predicted molar refractivity (Wildman–Crippen MR) is 62.7 cm³/mol. The van der Waals surface area contributed by atoms with Crippen LogP contribution in [0.5, 0.6) is 0 Å². The average Bonchev–Trinajstić information content (AvgIpc) is 2.27. The predicted octanol–water partition coefficient (Wildman–Crippen LogP) is 1.54. The maximum atomic E-state index is 12.2. The Balaban J connectivity index is 2.55. The number of ketones is 1. The van der Waals surface area contributed by atoms with Crippen LogP contribution in [0.25, 0.3) is 4.85 Å². The monoisotopic (exact) mass is 232 g/mol. The maximum absolute atomic E-state index is 12.2. The number of fused-ring (bicyclic) bond motifs is 1. The SMILES string of the molecule is [C-]#[N+]C1=C[C@@]2(C)CNC(=O)C[C@@H]2C(C)(C)C1=O. The number of hydrogen-bond donors (Lipinski definition) is 1. The molecule has 2 rings (SSSR count). The van der Waals surface area contributed by atoms with Crippen LogP contribution in [-0.2, 0) is 9.59 Å². The van der Waals surface area contributed by atoms with Crippen LogP contribution in [0, 0.1) is 23.3 Å². The first-order chi connectivity index (χ1) is 7.81. The van der Waals surface area contributed by atoms with Crippen LogP contribution in [0.15, 0.2) is 11.8 Å². The highest BCUT2D eigenvalue weighted by atomic mass is 16.2. The molecule has 0 aromatic heterocycles. The summed E-state index contributed by atoms with van der Waals surface area (Å²) in [5.74, 6) is -0.167. The van der Waals surface area contributed by atoms with E-state index >= 15 is 0 Å². The third-order valence-corrected chi connectivity index (χ3v) is 4.13. The van der Waals surface area contributed by atoms with Gasteiger partial charge in [-0.1, -0.05) is 26.8 Å². The van der Waals surface area contributed by atoms with Crippen LogP contribution in [-0.4, -0.2) is 18.2 Å². The zero-order chi connectivity index (χ0) is 12.8. The Morgan fingerprint density at radius 3 is 2.65 bits per heavy atom. The first kappa shape index (κ1) is 11.8. The molecule has 0 unspecified atom stereocenters. The molecule has 90 valence electrons. The Kier molecular flexibility index (Phi) is 2.39. The van der Waals surface area contributed by atoms with Gasteiger partial charge in [-0.05, 0) is 11.3 Å². The summed E-state index contributed by atoms with van der Waals surface area (Å²) in [6.07, 6.45) is 2.11. The molecule has 1 saturated heterocycles. The molecule has 2 atom stereocenters. The van der Waals surface area contributed by atoms with Gasteiger partial charge in [-0.3, -0.25) is 4.79 Å². The fourth-order valence-electron chi connectivity index (χ4n) is 3.08. The second-order valence-corrected chi connectivity index (χ2v) is 5.73. The zero-order valence-corrected chi connectivity index (χ0v) is 10.3. The summed E-state index contributed by atoms with van der Waals surface area (Å²) in [5, 5.41) is 2.82. The van der Waals surface area contributed by atoms with Crippen LogP contribution < -0.4 is 5.32 Å². The number of nitrogens with zero attached hydrogens (tertiary/aromatic N) is 1. The summed E-state index contributed by atoms with van der Waals surface area (Å²) in [5.41, 5.74) is -0.711. The molecule has 1 fully saturated rings. The smallest absolute Gasteiger partial charge is 0.226 e. The highest BCUT2D eigenvalue weighted by molar-refractivity contribution is 6.02. The number of carbonyl (C=O) groups excluding carboxylic acids is 2. The molecule has 0 aromatic rings. The molecule has 4 heteroatoms. The summed E-state index contributed by atoms with van der Waals surface area (Å²) in [6.45, 7) is 13.3. The Bertz CT molecular complexity index is 470. The van der Waals surface area contributed by atoms with Gasteiger partial charge in [0.1, 0.15) is 0 Å². The highest BCUT2D eigenvalue weighted by Crippen LogP contribution is 2.50. The Hall–Kier alpha value is -1.63. The van der Waals surface area contributed by atoms with E-state index < -0.39 is 5.41 Å². The number of amides is 1. The van der Waals surface area contributed by atoms with Crippen molar-refractivity contribution in [3.8, 4) is 0 Å². The average molecular weight is 232 g/mol. The molecule has 0 saturated carbocycles. The number of rotatable bonds is 0. The number of allylic oxidation sites excluding steroid dienone is 1. The van der Waals surface area contributed by atoms with Crippen molar-refractivity contribution >= 4 is 11.7 Å². The molecule has 0 aromatic carbocycles. The van der Waals surface area contributed by atoms with Gasteiger partial charge < -0.3 is 10.1 Å². The number of carbonyl (C=O) groups is 2. The molecule has 1 amide bonds. The molecule has 0 radical (unpaired) electrons. The lowest BCUT2D eigenvalue weighted by Crippen LogP contribution is -2.56. The molecule has 1 heterocycles. The van der Waals surface area contributed by atoms with Gasteiger partial charge in [0.2, 0.25) is 11.6 Å². The lowest BCUT2D eigenvalue weighted by Gasteiger charge is -2.50. The standard InChI is InChI=1S/C13H16N2O2/c1-12(2)9-5-10(16)15-7-13(9,3)6-8(14-4)11(12)17/h6,9H,5,7H2,1-3H3,(H,15,16)/t9-,13+/m1/s1. The summed E-state index contributed by atoms with van der Waals surface area (Å²) in [4.78, 5) is 27.0. The largest absolute Gasteiger partial charge is 0.355 e. The Morgan fingerprint density at radius 1 is 1.41 bits per heavy atom. The quantitative estimate of drug-likeness (QED) is 0.644. The molecule has 1 aliphatic heterocycles. The van der Waals surface area contributed by atoms with Crippen LogP contribution >= 0.6 is 0 Å². The zero-order valence-electron chi connectivity index (χ0n) is 10.3. The number of piperidine rings is 1. The summed E-state index contributed by atoms with van der Waals surface area (Å²) in [6, 6.07) is 0. The normalized spacial score (nSPS) is 35.4. The molecular weight excluding hydrogens is 216 g/mol. The van der Waals surface area contributed by atoms with Crippen molar-refractivity contribution in [2.75, 3.05) is 6.54 Å². The minimum absolute atomic E-state index is 0.00647. The van der Waals surface area contributed by atoms with Crippen molar-refractivity contribution in [2.45, 2.75) is 27.2 Å². The molecule has 0 bridgehead atoms. The first-order valence-corrected chi connectivity index (χ1v) is 5.73. The topological polar surface area (TPSA) is 50.5 Å². The van der Waals surface area contributed by atoms with Gasteiger partial charge in [-0.15, -0.1) is 0 Å². The molecule has 2 aliphatic rings. The summed E-state index contributed by atoms with van der Waals surface area (Å²) in [7, 11) is 0. The molecule has 0 spiro atoms. The van der Waals surface area contributed by atoms with E-state index in [1.807, 2.05) is 20.8 Å². The lowest BCUT2D eigenvalue weighted by molar-refractivity contribution is -0.136. The third kappa shape index (κ3) is 1.57. The van der Waals surface area contributed by atoms with Gasteiger partial charge in [0, 0.05) is 18.4 Å². The van der Waals surface area contributed by atoms with Gasteiger partial charge in [0.15, 0.2) is 5.78 Å². The second kappa shape index (κ2) is 3.43. The van der Waals surface area contributed by atoms with Gasteiger partial charge in [0.05, 0.1) is 6.57 Å². The Labute approximate surface area is 101 Å². The van der Waals surface area contributed by atoms with Crippen molar-refractivity contribution < 1.29 is 9.59 Å². The van der Waals surface area contributed by atoms with Gasteiger partial charge in [-0.25, -0.2) is 4.85 Å². The van der Waals surface area contributed by atoms with Crippen LogP contribution in [0.4, 0.5) is 0 Å². The van der Waals surface area contributed by atoms with Crippen LogP contribution in [0.2, 0.25) is 0 Å². The Morgan fingerprint density at radius 2 is 2.06 bits per heavy atom. The summed E-state index contributed by atoms with van der Waals surface area (Å²) < 4.78 is 0. The van der Waals surface area contributed by atoms with E-state index in [-0.39, 0.29) is 28.7 Å². The fraction of sp³-hybridized carbons (Fsp3) is 0.615. The first-order valence-electron chi connectivity index (χ1n) is 5.73. The fourth-order valence-corrected chi connectivity index (χ4v) is 3.08. The van der Waals surface area contributed by atoms with Crippen molar-refractivity contribution in [1.29, 1.82) is 0 Å². The minimum atomic E-state index is -0.638. The van der Waals surface area contributed by atoms with Gasteiger partial charge in [0.25, 0.3) is 0 Å². The summed E-state index contributed by atoms with van der Waals surface area (Å²) >= 11 is 0. The third-order valence-electron chi connectivity index (χ3n) is 4.13. The van der Waals surface area contributed by atoms with E-state index in [4.69, 9.17) is 6.57 Å². The molecule has 1 aliphatic carbocycles. The molecule has 1 N–H and O–H groups in total. The number of Topliss-reactive ketones (excluding diaryl/α,β-unsaturated/α-hetero) is 1. The van der Waals surface area contributed by atoms with E-state index in [2.05, 4.69) is 10.2 Å². The minimum Gasteiger partial charge on any atom is -0.355 e. The van der Waals surface area contributed by atoms with Gasteiger partial charge in [-0.2, -0.15) is 0 Å². The maximum Gasteiger partial charge on any atom is 0.226 e. The van der Waals surface area contributed by atoms with Gasteiger partial charge >= 0.3 is 0 Å². The van der Waals surface area contributed by atoms with Crippen LogP contribution in [0.3, 0.4) is 0 Å². The molecule has 17 heavy (non-hydrogen) atoms. The number of nitrogens with one attached hydrogen (secondary N) is 1.